The summed E-state index contributed by atoms with van der Waals surface area (Å²) in [6.07, 6.45) is 5.60. The van der Waals surface area contributed by atoms with Gasteiger partial charge in [-0.1, -0.05) is 6.08 Å². The molecule has 0 radical (unpaired) electrons. The maximum atomic E-state index is 12.4. The molecule has 1 aromatic rings. The summed E-state index contributed by atoms with van der Waals surface area (Å²) < 4.78 is 9.45. The van der Waals surface area contributed by atoms with E-state index in [4.69, 9.17) is 9.47 Å². The quantitative estimate of drug-likeness (QED) is 0.456. The minimum absolute atomic E-state index is 0.0216. The van der Waals surface area contributed by atoms with Crippen LogP contribution in [0.1, 0.15) is 15.9 Å². The molecule has 1 aliphatic heterocycles. The summed E-state index contributed by atoms with van der Waals surface area (Å²) in [5, 5.41) is 20.7. The number of benzene rings is 1. The Morgan fingerprint density at radius 2 is 1.75 bits per heavy atom. The van der Waals surface area contributed by atoms with Crippen molar-refractivity contribution in [2.24, 2.45) is 0 Å². The van der Waals surface area contributed by atoms with Crippen molar-refractivity contribution in [1.82, 2.24) is 0 Å². The lowest BCUT2D eigenvalue weighted by atomic mass is 10.0. The van der Waals surface area contributed by atoms with Gasteiger partial charge in [0.1, 0.15) is 5.70 Å². The van der Waals surface area contributed by atoms with Gasteiger partial charge in [0, 0.05) is 12.3 Å². The van der Waals surface area contributed by atoms with Gasteiger partial charge in [0.15, 0.2) is 0 Å². The van der Waals surface area contributed by atoms with E-state index in [1.165, 1.54) is 31.4 Å². The molecule has 0 aromatic heterocycles. The maximum absolute atomic E-state index is 12.4. The number of aromatic carboxylic acids is 1. The van der Waals surface area contributed by atoms with Gasteiger partial charge in [0.05, 0.1) is 41.5 Å². The second-order valence-corrected chi connectivity index (χ2v) is 5.52. The summed E-state index contributed by atoms with van der Waals surface area (Å²) in [5.74, 6) is -3.15. The van der Waals surface area contributed by atoms with Crippen molar-refractivity contribution < 1.29 is 33.9 Å². The molecule has 0 amide bonds. The fraction of sp³-hybridized carbons (Fsp3) is 0.167. The van der Waals surface area contributed by atoms with Crippen molar-refractivity contribution in [3.63, 3.8) is 0 Å². The van der Waals surface area contributed by atoms with E-state index in [0.717, 1.165) is 31.3 Å². The molecule has 1 aromatic carbocycles. The van der Waals surface area contributed by atoms with Crippen LogP contribution < -0.4 is 4.90 Å². The Balaban J connectivity index is 2.87. The number of methoxy groups -OCH3 is 2. The van der Waals surface area contributed by atoms with E-state index < -0.39 is 28.5 Å². The molecule has 1 aliphatic rings. The number of rotatable bonds is 5. The average molecular weight is 388 g/mol. The molecule has 146 valence electrons. The third-order valence-electron chi connectivity index (χ3n) is 3.95. The van der Waals surface area contributed by atoms with Crippen LogP contribution in [0.4, 0.5) is 11.4 Å². The Hall–Kier alpha value is -3.95. The average Bonchev–Trinajstić information content (AvgIpc) is 2.89. The van der Waals surface area contributed by atoms with E-state index in [-0.39, 0.29) is 28.1 Å². The van der Waals surface area contributed by atoms with Crippen LogP contribution in [0.25, 0.3) is 0 Å². The normalized spacial score (nSPS) is 13.2. The van der Waals surface area contributed by atoms with E-state index in [2.05, 4.69) is 0 Å². The van der Waals surface area contributed by atoms with E-state index in [1.807, 2.05) is 0 Å². The first kappa shape index (κ1) is 20.4. The number of hydrogen-bond acceptors (Lipinski definition) is 8. The molecule has 1 heterocycles. The number of carbonyl (C=O) groups excluding carboxylic acids is 2. The number of carboxylic acid groups (broad SMARTS) is 1. The maximum Gasteiger partial charge on any atom is 0.355 e. The molecule has 1 N–H and O–H groups in total. The van der Waals surface area contributed by atoms with Gasteiger partial charge in [-0.3, -0.25) is 10.1 Å². The molecular formula is C18H16N2O8. The van der Waals surface area contributed by atoms with Crippen molar-refractivity contribution in [2.75, 3.05) is 19.1 Å². The summed E-state index contributed by atoms with van der Waals surface area (Å²) >= 11 is 0. The standard InChI is InChI=1S/C18H16N2O8/c1-10-13(8-11(16(21)22)9-14(10)20(25)26)19-7-5-4-6-12(17(23)27-2)15(19)18(24)28-3/h4-9H,1-3H3,(H,21,22). The highest BCUT2D eigenvalue weighted by Crippen LogP contribution is 2.35. The van der Waals surface area contributed by atoms with E-state index in [1.54, 1.807) is 0 Å². The number of allylic oxidation sites excluding steroid dienone is 2. The van der Waals surface area contributed by atoms with Crippen LogP contribution in [0.3, 0.4) is 0 Å². The fourth-order valence-electron chi connectivity index (χ4n) is 2.60. The number of nitro groups is 1. The highest BCUT2D eigenvalue weighted by atomic mass is 16.6. The summed E-state index contributed by atoms with van der Waals surface area (Å²) in [5.41, 5.74) is -1.15. The Labute approximate surface area is 159 Å². The Morgan fingerprint density at radius 1 is 1.11 bits per heavy atom. The minimum Gasteiger partial charge on any atom is -0.478 e. The first-order valence-electron chi connectivity index (χ1n) is 7.80. The molecule has 0 unspecified atom stereocenters. The van der Waals surface area contributed by atoms with Crippen molar-refractivity contribution in [3.05, 3.63) is 69.1 Å². The first-order valence-corrected chi connectivity index (χ1v) is 7.80. The topological polar surface area (TPSA) is 136 Å². The predicted molar refractivity (Wildman–Crippen MR) is 96.6 cm³/mol. The van der Waals surface area contributed by atoms with Gasteiger partial charge in [0.25, 0.3) is 5.69 Å². The van der Waals surface area contributed by atoms with Crippen LogP contribution >= 0.6 is 0 Å². The lowest BCUT2D eigenvalue weighted by Gasteiger charge is -2.24. The second kappa shape index (κ2) is 8.16. The molecule has 0 fully saturated rings. The lowest BCUT2D eigenvalue weighted by Crippen LogP contribution is -2.27. The van der Waals surface area contributed by atoms with Gasteiger partial charge in [-0.05, 0) is 25.1 Å². The Kier molecular flexibility index (Phi) is 5.94. The third kappa shape index (κ3) is 3.75. The molecule has 2 rings (SSSR count). The Bertz CT molecular complexity index is 959. The number of carbonyl (C=O) groups is 3. The zero-order valence-electron chi connectivity index (χ0n) is 15.2. The summed E-state index contributed by atoms with van der Waals surface area (Å²) in [6.45, 7) is 1.40. The summed E-state index contributed by atoms with van der Waals surface area (Å²) in [4.78, 5) is 47.8. The van der Waals surface area contributed by atoms with Crippen LogP contribution in [0.5, 0.6) is 0 Å². The minimum atomic E-state index is -1.39. The SMILES string of the molecule is COC(=O)C1=C(C(=O)OC)N(c2cc(C(=O)O)cc([N+](=O)[O-])c2C)C=CC=C1. The number of anilines is 1. The number of carboxylic acids is 1. The zero-order chi connectivity index (χ0) is 21.0. The molecule has 0 saturated carbocycles. The number of nitrogens with zero attached hydrogens (tertiary/aromatic N) is 2. The van der Waals surface area contributed by atoms with Gasteiger partial charge < -0.3 is 19.5 Å². The van der Waals surface area contributed by atoms with Crippen LogP contribution in [0, 0.1) is 17.0 Å². The van der Waals surface area contributed by atoms with E-state index in [9.17, 15) is 29.6 Å². The van der Waals surface area contributed by atoms with Gasteiger partial charge in [-0.2, -0.15) is 0 Å². The highest BCUT2D eigenvalue weighted by molar-refractivity contribution is 6.06. The van der Waals surface area contributed by atoms with Crippen LogP contribution in [-0.4, -0.2) is 42.2 Å². The van der Waals surface area contributed by atoms with Crippen molar-refractivity contribution in [3.8, 4) is 0 Å². The molecule has 0 bridgehead atoms. The van der Waals surface area contributed by atoms with Gasteiger partial charge >= 0.3 is 17.9 Å². The molecule has 0 spiro atoms. The molecule has 10 heteroatoms. The van der Waals surface area contributed by atoms with E-state index in [0.29, 0.717) is 0 Å². The monoisotopic (exact) mass is 388 g/mol. The molecule has 0 aliphatic carbocycles. The number of hydrogen-bond donors (Lipinski definition) is 1. The molecule has 28 heavy (non-hydrogen) atoms. The van der Waals surface area contributed by atoms with Crippen LogP contribution in [0.15, 0.2) is 47.8 Å². The van der Waals surface area contributed by atoms with Crippen LogP contribution in [-0.2, 0) is 19.1 Å². The number of esters is 2. The first-order chi connectivity index (χ1) is 13.2. The lowest BCUT2D eigenvalue weighted by molar-refractivity contribution is -0.385. The van der Waals surface area contributed by atoms with E-state index >= 15 is 0 Å². The number of nitro benzene ring substituents is 1. The number of ether oxygens (including phenoxy) is 2. The molecule has 10 nitrogen and oxygen atoms in total. The van der Waals surface area contributed by atoms with Crippen molar-refractivity contribution in [2.45, 2.75) is 6.92 Å². The van der Waals surface area contributed by atoms with Crippen molar-refractivity contribution in [1.29, 1.82) is 0 Å². The van der Waals surface area contributed by atoms with Crippen LogP contribution in [0.2, 0.25) is 0 Å². The molecule has 0 saturated heterocycles. The summed E-state index contributed by atoms with van der Waals surface area (Å²) in [7, 11) is 2.23. The second-order valence-electron chi connectivity index (χ2n) is 5.52. The van der Waals surface area contributed by atoms with Gasteiger partial charge in [0.2, 0.25) is 0 Å². The van der Waals surface area contributed by atoms with Gasteiger partial charge in [-0.15, -0.1) is 0 Å². The predicted octanol–water partition coefficient (Wildman–Crippen LogP) is 2.09. The third-order valence-corrected chi connectivity index (χ3v) is 3.95. The zero-order valence-corrected chi connectivity index (χ0v) is 15.2. The molecular weight excluding hydrogens is 372 g/mol. The summed E-state index contributed by atoms with van der Waals surface area (Å²) in [6, 6.07) is 2.09. The van der Waals surface area contributed by atoms with Gasteiger partial charge in [-0.25, -0.2) is 14.4 Å². The Morgan fingerprint density at radius 3 is 2.29 bits per heavy atom. The fourth-order valence-corrected chi connectivity index (χ4v) is 2.60. The largest absolute Gasteiger partial charge is 0.478 e. The smallest absolute Gasteiger partial charge is 0.355 e. The highest BCUT2D eigenvalue weighted by Gasteiger charge is 2.30. The molecule has 0 atom stereocenters. The van der Waals surface area contributed by atoms with Crippen molar-refractivity contribution >= 4 is 29.3 Å².